The summed E-state index contributed by atoms with van der Waals surface area (Å²) in [5.74, 6) is 0. The van der Waals surface area contributed by atoms with Gasteiger partial charge in [0.1, 0.15) is 6.61 Å². The Morgan fingerprint density at radius 1 is 1.09 bits per heavy atom. The molecule has 3 nitrogen and oxygen atoms in total. The van der Waals surface area contributed by atoms with Crippen LogP contribution < -0.4 is 5.32 Å². The van der Waals surface area contributed by atoms with Crippen LogP contribution in [-0.4, -0.2) is 12.6 Å². The van der Waals surface area contributed by atoms with Crippen LogP contribution in [0.4, 0.5) is 4.79 Å². The lowest BCUT2D eigenvalue weighted by molar-refractivity contribution is 0.138. The Labute approximate surface area is 138 Å². The van der Waals surface area contributed by atoms with Gasteiger partial charge in [0.2, 0.25) is 0 Å². The third-order valence-electron chi connectivity index (χ3n) is 4.09. The maximum Gasteiger partial charge on any atom is 0.407 e. The van der Waals surface area contributed by atoms with Gasteiger partial charge in [-0.3, -0.25) is 0 Å². The summed E-state index contributed by atoms with van der Waals surface area (Å²) in [6.07, 6.45) is 1.86. The number of carbonyl (C=O) groups is 1. The van der Waals surface area contributed by atoms with Gasteiger partial charge < -0.3 is 10.1 Å². The highest BCUT2D eigenvalue weighted by Crippen LogP contribution is 2.47. The van der Waals surface area contributed by atoms with Gasteiger partial charge in [-0.15, -0.1) is 0 Å². The predicted octanol–water partition coefficient (Wildman–Crippen LogP) is 4.41. The first kappa shape index (κ1) is 15.1. The van der Waals surface area contributed by atoms with Crippen LogP contribution in [0.2, 0.25) is 0 Å². The van der Waals surface area contributed by atoms with Crippen LogP contribution in [-0.2, 0) is 16.8 Å². The summed E-state index contributed by atoms with van der Waals surface area (Å²) in [6, 6.07) is 18.0. The summed E-state index contributed by atoms with van der Waals surface area (Å²) in [6.45, 7) is 0.931. The van der Waals surface area contributed by atoms with E-state index in [1.165, 1.54) is 5.56 Å². The van der Waals surface area contributed by atoms with Crippen LogP contribution in [0.3, 0.4) is 0 Å². The molecule has 0 saturated heterocycles. The molecule has 3 rings (SSSR count). The molecule has 1 aliphatic rings. The maximum atomic E-state index is 11.8. The van der Waals surface area contributed by atoms with Crippen LogP contribution in [0, 0.1) is 0 Å². The molecule has 0 radical (unpaired) electrons. The van der Waals surface area contributed by atoms with Crippen molar-refractivity contribution in [1.29, 1.82) is 0 Å². The summed E-state index contributed by atoms with van der Waals surface area (Å²) in [7, 11) is 0. The molecule has 0 aliphatic heterocycles. The lowest BCUT2D eigenvalue weighted by atomic mass is 9.96. The quantitative estimate of drug-likeness (QED) is 0.858. The lowest BCUT2D eigenvalue weighted by Gasteiger charge is -2.16. The first-order valence-electron chi connectivity index (χ1n) is 7.39. The van der Waals surface area contributed by atoms with Crippen molar-refractivity contribution in [2.24, 2.45) is 0 Å². The number of hydrogen-bond donors (Lipinski definition) is 1. The van der Waals surface area contributed by atoms with Gasteiger partial charge in [-0.2, -0.15) is 0 Å². The van der Waals surface area contributed by atoms with Gasteiger partial charge in [-0.1, -0.05) is 58.4 Å². The first-order chi connectivity index (χ1) is 10.7. The Balaban J connectivity index is 1.49. The second-order valence-electron chi connectivity index (χ2n) is 5.70. The zero-order chi connectivity index (χ0) is 15.4. The van der Waals surface area contributed by atoms with Crippen molar-refractivity contribution >= 4 is 22.0 Å². The molecule has 1 N–H and O–H groups in total. The molecule has 1 amide bonds. The number of carbonyl (C=O) groups excluding carboxylic acids is 1. The zero-order valence-electron chi connectivity index (χ0n) is 12.2. The molecular weight excluding hydrogens is 342 g/mol. The number of rotatable bonds is 5. The van der Waals surface area contributed by atoms with E-state index in [9.17, 15) is 4.79 Å². The Kier molecular flexibility index (Phi) is 4.48. The predicted molar refractivity (Wildman–Crippen MR) is 89.7 cm³/mol. The first-order valence-corrected chi connectivity index (χ1v) is 8.18. The molecule has 2 aromatic carbocycles. The molecular formula is C18H18BrNO2. The van der Waals surface area contributed by atoms with Crippen molar-refractivity contribution in [3.05, 3.63) is 70.2 Å². The highest BCUT2D eigenvalue weighted by molar-refractivity contribution is 9.10. The van der Waals surface area contributed by atoms with Gasteiger partial charge in [0, 0.05) is 16.4 Å². The third kappa shape index (κ3) is 3.69. The smallest absolute Gasteiger partial charge is 0.407 e. The standard InChI is InChI=1S/C18H18BrNO2/c19-16-8-6-15(7-9-16)18(10-11-18)13-20-17(21)22-12-14-4-2-1-3-5-14/h1-9H,10-13H2,(H,20,21). The summed E-state index contributed by atoms with van der Waals surface area (Å²) in [5, 5.41) is 2.90. The van der Waals surface area contributed by atoms with E-state index in [0.717, 1.165) is 22.9 Å². The second-order valence-corrected chi connectivity index (χ2v) is 6.62. The van der Waals surface area contributed by atoms with Crippen molar-refractivity contribution in [3.63, 3.8) is 0 Å². The molecule has 2 aromatic rings. The SMILES string of the molecule is O=C(NCC1(c2ccc(Br)cc2)CC1)OCc1ccccc1. The number of amides is 1. The molecule has 4 heteroatoms. The van der Waals surface area contributed by atoms with E-state index in [1.807, 2.05) is 42.5 Å². The van der Waals surface area contributed by atoms with E-state index in [1.54, 1.807) is 0 Å². The monoisotopic (exact) mass is 359 g/mol. The number of benzene rings is 2. The maximum absolute atomic E-state index is 11.8. The minimum Gasteiger partial charge on any atom is -0.445 e. The average Bonchev–Trinajstić information content (AvgIpc) is 3.34. The molecule has 1 fully saturated rings. The summed E-state index contributed by atoms with van der Waals surface area (Å²) >= 11 is 3.45. The van der Waals surface area contributed by atoms with E-state index in [4.69, 9.17) is 4.74 Å². The van der Waals surface area contributed by atoms with Crippen LogP contribution in [0.1, 0.15) is 24.0 Å². The van der Waals surface area contributed by atoms with Gasteiger partial charge in [-0.25, -0.2) is 4.79 Å². The topological polar surface area (TPSA) is 38.3 Å². The fraction of sp³-hybridized carbons (Fsp3) is 0.278. The fourth-order valence-corrected chi connectivity index (χ4v) is 2.80. The van der Waals surface area contributed by atoms with E-state index in [2.05, 4.69) is 33.4 Å². The second kappa shape index (κ2) is 6.53. The van der Waals surface area contributed by atoms with E-state index in [-0.39, 0.29) is 11.5 Å². The molecule has 0 heterocycles. The Morgan fingerprint density at radius 2 is 1.77 bits per heavy atom. The Hall–Kier alpha value is -1.81. The highest BCUT2D eigenvalue weighted by atomic mass is 79.9. The van der Waals surface area contributed by atoms with Crippen molar-refractivity contribution in [2.75, 3.05) is 6.54 Å². The molecule has 0 unspecified atom stereocenters. The van der Waals surface area contributed by atoms with Crippen molar-refractivity contribution in [1.82, 2.24) is 5.32 Å². The number of alkyl carbamates (subject to hydrolysis) is 1. The van der Waals surface area contributed by atoms with E-state index >= 15 is 0 Å². The molecule has 1 saturated carbocycles. The molecule has 0 aromatic heterocycles. The van der Waals surface area contributed by atoms with Gasteiger partial charge in [-0.05, 0) is 36.1 Å². The molecule has 1 aliphatic carbocycles. The molecule has 0 spiro atoms. The fourth-order valence-electron chi connectivity index (χ4n) is 2.54. The Morgan fingerprint density at radius 3 is 2.41 bits per heavy atom. The van der Waals surface area contributed by atoms with Crippen molar-refractivity contribution in [3.8, 4) is 0 Å². The molecule has 0 atom stereocenters. The van der Waals surface area contributed by atoms with Crippen LogP contribution >= 0.6 is 15.9 Å². The molecule has 114 valence electrons. The lowest BCUT2D eigenvalue weighted by Crippen LogP contribution is -2.32. The summed E-state index contributed by atoms with van der Waals surface area (Å²) < 4.78 is 6.32. The minimum atomic E-state index is -0.354. The number of halogens is 1. The van der Waals surface area contributed by atoms with E-state index < -0.39 is 0 Å². The van der Waals surface area contributed by atoms with Crippen molar-refractivity contribution < 1.29 is 9.53 Å². The number of hydrogen-bond acceptors (Lipinski definition) is 2. The van der Waals surface area contributed by atoms with Gasteiger partial charge in [0.15, 0.2) is 0 Å². The van der Waals surface area contributed by atoms with Gasteiger partial charge in [0.05, 0.1) is 0 Å². The van der Waals surface area contributed by atoms with Crippen LogP contribution in [0.15, 0.2) is 59.1 Å². The largest absolute Gasteiger partial charge is 0.445 e. The summed E-state index contributed by atoms with van der Waals surface area (Å²) in [4.78, 5) is 11.8. The van der Waals surface area contributed by atoms with Gasteiger partial charge >= 0.3 is 6.09 Å². The van der Waals surface area contributed by atoms with E-state index in [0.29, 0.717) is 13.2 Å². The van der Waals surface area contributed by atoms with Crippen LogP contribution in [0.5, 0.6) is 0 Å². The van der Waals surface area contributed by atoms with Gasteiger partial charge in [0.25, 0.3) is 0 Å². The molecule has 0 bridgehead atoms. The molecule has 22 heavy (non-hydrogen) atoms. The normalized spacial score (nSPS) is 15.1. The highest BCUT2D eigenvalue weighted by Gasteiger charge is 2.44. The number of nitrogens with one attached hydrogen (secondary N) is 1. The average molecular weight is 360 g/mol. The van der Waals surface area contributed by atoms with Crippen LogP contribution in [0.25, 0.3) is 0 Å². The number of ether oxygens (including phenoxy) is 1. The Bertz CT molecular complexity index is 636. The summed E-state index contributed by atoms with van der Waals surface area (Å²) in [5.41, 5.74) is 2.36. The third-order valence-corrected chi connectivity index (χ3v) is 4.62. The minimum absolute atomic E-state index is 0.0897. The zero-order valence-corrected chi connectivity index (χ0v) is 13.8. The van der Waals surface area contributed by atoms with Crippen molar-refractivity contribution in [2.45, 2.75) is 24.9 Å².